The molecule has 136 valence electrons. The number of phenolic OH excluding ortho intramolecular Hbond substituents is 1. The van der Waals surface area contributed by atoms with E-state index in [-0.39, 0.29) is 11.7 Å². The topological polar surface area (TPSA) is 68.1 Å². The van der Waals surface area contributed by atoms with E-state index in [4.69, 9.17) is 4.74 Å². The number of aromatic nitrogens is 1. The van der Waals surface area contributed by atoms with E-state index < -0.39 is 0 Å². The van der Waals surface area contributed by atoms with Gasteiger partial charge in [0.25, 0.3) is 0 Å². The number of quaternary nitrogens is 1. The minimum absolute atomic E-state index is 0.105. The minimum atomic E-state index is -0.358. The van der Waals surface area contributed by atoms with Gasteiger partial charge in [-0.25, -0.2) is 4.79 Å². The Kier molecular flexibility index (Phi) is 5.64. The highest BCUT2D eigenvalue weighted by Gasteiger charge is 2.24. The van der Waals surface area contributed by atoms with Crippen LogP contribution >= 0.6 is 15.9 Å². The molecule has 1 aromatic heterocycles. The van der Waals surface area contributed by atoms with Crippen molar-refractivity contribution in [1.29, 1.82) is 0 Å². The monoisotopic (exact) mass is 417 g/mol. The van der Waals surface area contributed by atoms with Gasteiger partial charge < -0.3 is 19.7 Å². The summed E-state index contributed by atoms with van der Waals surface area (Å²) in [6.45, 7) is 3.55. The number of aryl methyl sites for hydroxylation is 1. The van der Waals surface area contributed by atoms with Crippen molar-refractivity contribution in [3.63, 3.8) is 0 Å². The van der Waals surface area contributed by atoms with E-state index in [9.17, 15) is 9.90 Å². The first-order chi connectivity index (χ1) is 12.5. The number of ether oxygens (including phenoxy) is 1. The largest absolute Gasteiger partial charge is 0.507 e. The molecule has 0 fully saturated rings. The number of nitrogens with zero attached hydrogens (tertiary/aromatic N) is 1. The average molecular weight is 418 g/mol. The molecule has 0 amide bonds. The Morgan fingerprint density at radius 1 is 1.23 bits per heavy atom. The molecule has 26 heavy (non-hydrogen) atoms. The van der Waals surface area contributed by atoms with Crippen molar-refractivity contribution >= 4 is 32.8 Å². The van der Waals surface area contributed by atoms with Crippen LogP contribution in [0.3, 0.4) is 0 Å². The van der Waals surface area contributed by atoms with Crippen LogP contribution in [-0.4, -0.2) is 22.2 Å². The van der Waals surface area contributed by atoms with Crippen LogP contribution < -0.4 is 5.32 Å². The summed E-state index contributed by atoms with van der Waals surface area (Å²) in [4.78, 5) is 12.6. The van der Waals surface area contributed by atoms with Crippen molar-refractivity contribution in [3.05, 3.63) is 63.8 Å². The summed E-state index contributed by atoms with van der Waals surface area (Å²) in [5.41, 5.74) is 3.51. The predicted octanol–water partition coefficient (Wildman–Crippen LogP) is 3.09. The highest BCUT2D eigenvalue weighted by atomic mass is 79.9. The lowest BCUT2D eigenvalue weighted by Crippen LogP contribution is -2.81. The number of carbonyl (C=O) groups excluding carboxylic acids is 1. The van der Waals surface area contributed by atoms with E-state index in [1.807, 2.05) is 35.9 Å². The number of benzene rings is 2. The summed E-state index contributed by atoms with van der Waals surface area (Å²) in [7, 11) is 1.93. The molecule has 0 saturated heterocycles. The van der Waals surface area contributed by atoms with Gasteiger partial charge in [0.15, 0.2) is 0 Å². The van der Waals surface area contributed by atoms with Crippen molar-refractivity contribution in [2.75, 3.05) is 6.61 Å². The fraction of sp³-hybridized carbons (Fsp3) is 0.250. The number of nitrogens with two attached hydrogens (primary N) is 1. The van der Waals surface area contributed by atoms with Crippen LogP contribution in [0.2, 0.25) is 0 Å². The summed E-state index contributed by atoms with van der Waals surface area (Å²) in [5, 5.41) is 12.9. The second kappa shape index (κ2) is 7.93. The molecule has 0 aliphatic rings. The number of halogens is 1. The zero-order valence-corrected chi connectivity index (χ0v) is 16.4. The average Bonchev–Trinajstić information content (AvgIpc) is 2.89. The summed E-state index contributed by atoms with van der Waals surface area (Å²) in [5.74, 6) is -0.253. The molecule has 0 unspecified atom stereocenters. The third-order valence-electron chi connectivity index (χ3n) is 4.43. The molecular weight excluding hydrogens is 396 g/mol. The zero-order valence-electron chi connectivity index (χ0n) is 14.8. The molecule has 3 N–H and O–H groups in total. The van der Waals surface area contributed by atoms with Crippen LogP contribution in [0.4, 0.5) is 0 Å². The molecule has 0 saturated carbocycles. The molecule has 0 spiro atoms. The first-order valence-corrected chi connectivity index (χ1v) is 9.34. The van der Waals surface area contributed by atoms with Gasteiger partial charge in [-0.1, -0.05) is 30.3 Å². The van der Waals surface area contributed by atoms with Crippen LogP contribution in [0.1, 0.15) is 28.5 Å². The van der Waals surface area contributed by atoms with Gasteiger partial charge in [0.2, 0.25) is 0 Å². The standard InChI is InChI=1S/C20H21BrN2O3/c1-3-26-20(25)19-14-9-18(24)15(21)10-16(14)23(2)17(19)12-22-11-13-7-5-4-6-8-13/h4-10,22,24H,3,11-12H2,1-2H3/p+1. The quantitative estimate of drug-likeness (QED) is 0.605. The van der Waals surface area contributed by atoms with Crippen LogP contribution in [-0.2, 0) is 24.9 Å². The van der Waals surface area contributed by atoms with E-state index in [0.717, 1.165) is 17.8 Å². The lowest BCUT2D eigenvalue weighted by molar-refractivity contribution is -0.687. The molecule has 0 atom stereocenters. The SMILES string of the molecule is CCOC(=O)c1c(C[NH2+]Cc2ccccc2)n(C)c2cc(Br)c(O)cc12. The number of carbonyl (C=O) groups is 1. The van der Waals surface area contributed by atoms with Gasteiger partial charge in [0.05, 0.1) is 27.9 Å². The number of fused-ring (bicyclic) bond motifs is 1. The molecular formula is C20H22BrN2O3+. The minimum Gasteiger partial charge on any atom is -0.507 e. The molecule has 0 radical (unpaired) electrons. The highest BCUT2D eigenvalue weighted by Crippen LogP contribution is 2.34. The maximum absolute atomic E-state index is 12.6. The second-order valence-electron chi connectivity index (χ2n) is 6.10. The Labute approximate surface area is 160 Å². The summed E-state index contributed by atoms with van der Waals surface area (Å²) in [6.07, 6.45) is 0. The van der Waals surface area contributed by atoms with Gasteiger partial charge in [-0.15, -0.1) is 0 Å². The molecule has 0 aliphatic heterocycles. The van der Waals surface area contributed by atoms with Gasteiger partial charge >= 0.3 is 5.97 Å². The smallest absolute Gasteiger partial charge is 0.340 e. The van der Waals surface area contributed by atoms with E-state index in [0.29, 0.717) is 28.6 Å². The van der Waals surface area contributed by atoms with E-state index >= 15 is 0 Å². The predicted molar refractivity (Wildman–Crippen MR) is 104 cm³/mol. The van der Waals surface area contributed by atoms with Crippen molar-refractivity contribution in [3.8, 4) is 5.75 Å². The normalized spacial score (nSPS) is 11.0. The Morgan fingerprint density at radius 2 is 1.96 bits per heavy atom. The molecule has 1 heterocycles. The van der Waals surface area contributed by atoms with Crippen LogP contribution in [0.5, 0.6) is 5.75 Å². The van der Waals surface area contributed by atoms with Crippen molar-refractivity contribution in [2.45, 2.75) is 20.0 Å². The molecule has 2 aromatic carbocycles. The third-order valence-corrected chi connectivity index (χ3v) is 5.06. The zero-order chi connectivity index (χ0) is 18.7. The van der Waals surface area contributed by atoms with Gasteiger partial charge in [-0.3, -0.25) is 0 Å². The summed E-state index contributed by atoms with van der Waals surface area (Å²) >= 11 is 3.35. The van der Waals surface area contributed by atoms with Crippen molar-refractivity contribution in [1.82, 2.24) is 4.57 Å². The van der Waals surface area contributed by atoms with Crippen LogP contribution in [0.25, 0.3) is 10.9 Å². The number of rotatable bonds is 6. The first kappa shape index (κ1) is 18.5. The Balaban J connectivity index is 1.98. The van der Waals surface area contributed by atoms with Gasteiger partial charge in [-0.2, -0.15) is 0 Å². The lowest BCUT2D eigenvalue weighted by Gasteiger charge is -2.07. The molecule has 3 rings (SSSR count). The third kappa shape index (κ3) is 3.61. The number of hydrogen-bond donors (Lipinski definition) is 2. The van der Waals surface area contributed by atoms with Crippen LogP contribution in [0.15, 0.2) is 46.9 Å². The van der Waals surface area contributed by atoms with Crippen molar-refractivity contribution in [2.24, 2.45) is 7.05 Å². The number of hydrogen-bond acceptors (Lipinski definition) is 3. The highest BCUT2D eigenvalue weighted by molar-refractivity contribution is 9.10. The summed E-state index contributed by atoms with van der Waals surface area (Å²) < 4.78 is 7.86. The van der Waals surface area contributed by atoms with E-state index in [1.54, 1.807) is 13.0 Å². The lowest BCUT2D eigenvalue weighted by atomic mass is 10.1. The van der Waals surface area contributed by atoms with Gasteiger partial charge in [0, 0.05) is 18.0 Å². The Bertz CT molecular complexity index is 935. The molecule has 6 heteroatoms. The molecule has 3 aromatic rings. The van der Waals surface area contributed by atoms with Crippen molar-refractivity contribution < 1.29 is 20.0 Å². The fourth-order valence-corrected chi connectivity index (χ4v) is 3.49. The Morgan fingerprint density at radius 3 is 2.65 bits per heavy atom. The second-order valence-corrected chi connectivity index (χ2v) is 6.96. The van der Waals surface area contributed by atoms with E-state index in [2.05, 4.69) is 33.4 Å². The number of aromatic hydroxyl groups is 1. The number of esters is 1. The molecule has 0 bridgehead atoms. The first-order valence-electron chi connectivity index (χ1n) is 8.55. The summed E-state index contributed by atoms with van der Waals surface area (Å²) in [6, 6.07) is 13.6. The molecule has 0 aliphatic carbocycles. The maximum Gasteiger partial charge on any atom is 0.340 e. The van der Waals surface area contributed by atoms with Gasteiger partial charge in [0.1, 0.15) is 18.8 Å². The number of phenols is 1. The van der Waals surface area contributed by atoms with Crippen LogP contribution in [0, 0.1) is 0 Å². The maximum atomic E-state index is 12.6. The Hall–Kier alpha value is -2.31. The fourth-order valence-electron chi connectivity index (χ4n) is 3.16. The van der Waals surface area contributed by atoms with Gasteiger partial charge in [-0.05, 0) is 35.0 Å². The van der Waals surface area contributed by atoms with E-state index in [1.165, 1.54) is 5.56 Å². The molecule has 5 nitrogen and oxygen atoms in total.